The van der Waals surface area contributed by atoms with E-state index in [9.17, 15) is 67.1 Å². The Hall–Kier alpha value is -8.48. The van der Waals surface area contributed by atoms with Gasteiger partial charge in [-0.1, -0.05) is 65.8 Å². The van der Waals surface area contributed by atoms with Crippen LogP contribution in [0.5, 0.6) is 0 Å². The number of hydrogen-bond acceptors (Lipinski definition) is 14. The molecule has 1 aliphatic rings. The normalized spacial score (nSPS) is 12.0. The molecular weight excluding hydrogens is 847 g/mol. The number of anilines is 2. The van der Waals surface area contributed by atoms with Gasteiger partial charge in [0.1, 0.15) is 0 Å². The van der Waals surface area contributed by atoms with Crippen molar-refractivity contribution in [2.45, 2.75) is 66.2 Å². The minimum atomic E-state index is -1.89. The summed E-state index contributed by atoms with van der Waals surface area (Å²) in [6.07, 6.45) is -0.520. The number of rotatable bonds is 14. The van der Waals surface area contributed by atoms with E-state index >= 15 is 0 Å². The monoisotopic (exact) mass is 885 g/mol. The first kappa shape index (κ1) is 47.6. The predicted molar refractivity (Wildman–Crippen MR) is 228 cm³/mol. The number of nitrogens with zero attached hydrogens (tertiary/aromatic N) is 2. The van der Waals surface area contributed by atoms with Crippen LogP contribution in [0.2, 0.25) is 0 Å². The van der Waals surface area contributed by atoms with E-state index in [1.54, 1.807) is 28.8 Å². The minimum absolute atomic E-state index is 0.00697. The minimum Gasteiger partial charge on any atom is -0.292 e. The molecule has 19 nitrogen and oxygen atoms in total. The van der Waals surface area contributed by atoms with E-state index < -0.39 is 114 Å². The summed E-state index contributed by atoms with van der Waals surface area (Å²) in [4.78, 5) is 189. The number of Topliss-reactive ketones (excluding diaryl/α,β-unsaturated/α-hetero) is 4. The number of ketones is 4. The fourth-order valence-corrected chi connectivity index (χ4v) is 7.15. The van der Waals surface area contributed by atoms with Crippen molar-refractivity contribution >= 4 is 106 Å². The number of aryl methyl sites for hydroxylation is 2. The zero-order chi connectivity index (χ0) is 48.6. The molecule has 19 heteroatoms. The van der Waals surface area contributed by atoms with E-state index in [2.05, 4.69) is 0 Å². The summed E-state index contributed by atoms with van der Waals surface area (Å²) in [5.41, 5.74) is -6.63. The maximum atomic E-state index is 15.0. The number of hydrogen-bond donors (Lipinski definition) is 3. The summed E-state index contributed by atoms with van der Waals surface area (Å²) in [5.74, 6) is -17.2. The van der Waals surface area contributed by atoms with Crippen molar-refractivity contribution in [3.05, 3.63) is 104 Å². The summed E-state index contributed by atoms with van der Waals surface area (Å²) < 4.78 is 0. The van der Waals surface area contributed by atoms with E-state index in [-0.39, 0.29) is 42.6 Å². The number of fused-ring (bicyclic) bond motifs is 2. The van der Waals surface area contributed by atoms with Gasteiger partial charge in [-0.15, -0.1) is 0 Å². The largest absolute Gasteiger partial charge is 0.305 e. The van der Waals surface area contributed by atoms with Crippen LogP contribution >= 0.6 is 0 Å². The van der Waals surface area contributed by atoms with Gasteiger partial charge in [0.2, 0.25) is 25.6 Å². The Bertz CT molecular complexity index is 2920. The van der Waals surface area contributed by atoms with Crippen molar-refractivity contribution in [2.75, 3.05) is 9.80 Å². The van der Waals surface area contributed by atoms with E-state index in [1.165, 1.54) is 37.4 Å². The summed E-state index contributed by atoms with van der Waals surface area (Å²) >= 11 is 0. The smallest absolute Gasteiger partial charge is 0.292 e. The van der Waals surface area contributed by atoms with Gasteiger partial charge in [0.15, 0.2) is 0 Å². The standard InChI is InChI=1S/C46H39N5O14/c1-21-9-11-23(45(3,4)5)15-27(21)50(19-54)43(64)36(57)26-14-13-25(35(56)41(62)47-17-52)29-30(26)32(34-33(39(60)49-40(34)61)31(29)37(58)42(63)48-18-53)38(59)44(65)51(20-55)28-16-24(46(6,7)8)12-10-22(28)2/h9-20H,1-8H3,(H,47,52,62)(H,48,53,63)(H,49,60,61). The molecule has 0 bridgehead atoms. The summed E-state index contributed by atoms with van der Waals surface area (Å²) in [7, 11) is 0. The molecule has 0 aliphatic carbocycles. The second-order valence-electron chi connectivity index (χ2n) is 16.8. The van der Waals surface area contributed by atoms with Crippen LogP contribution < -0.4 is 25.8 Å². The van der Waals surface area contributed by atoms with Crippen molar-refractivity contribution in [1.82, 2.24) is 16.0 Å². The zero-order valence-electron chi connectivity index (χ0n) is 36.0. The van der Waals surface area contributed by atoms with Crippen molar-refractivity contribution in [3.63, 3.8) is 0 Å². The molecule has 3 N–H and O–H groups in total. The van der Waals surface area contributed by atoms with Gasteiger partial charge >= 0.3 is 11.8 Å². The Labute approximate surface area is 368 Å². The average Bonchev–Trinajstić information content (AvgIpc) is 3.54. The molecule has 0 spiro atoms. The van der Waals surface area contributed by atoms with Gasteiger partial charge in [-0.3, -0.25) is 83.1 Å². The SMILES string of the molecule is Cc1ccc(C(C)(C)C)cc1N(C=O)C(=O)C(=O)c1ccc(C(=O)C(=O)NC=O)c2c(C(=O)C(=O)NC=O)c3c(c(C(=O)C(=O)N(C=O)c4cc(C(C)(C)C)ccc4C)c12)C(=O)NC3=O. The summed E-state index contributed by atoms with van der Waals surface area (Å²) in [5, 5.41) is 2.59. The molecule has 0 unspecified atom stereocenters. The molecule has 0 saturated carbocycles. The van der Waals surface area contributed by atoms with Crippen LogP contribution in [-0.2, 0) is 49.2 Å². The predicted octanol–water partition coefficient (Wildman–Crippen LogP) is 2.59. The maximum Gasteiger partial charge on any atom is 0.305 e. The number of amides is 10. The van der Waals surface area contributed by atoms with Crippen molar-refractivity contribution in [3.8, 4) is 0 Å². The van der Waals surface area contributed by atoms with Gasteiger partial charge in [0.25, 0.3) is 46.8 Å². The van der Waals surface area contributed by atoms with Gasteiger partial charge in [-0.25, -0.2) is 9.80 Å². The Morgan fingerprint density at radius 2 is 0.892 bits per heavy atom. The molecule has 0 atom stereocenters. The summed E-state index contributed by atoms with van der Waals surface area (Å²) in [6.45, 7) is 13.9. The molecular formula is C46H39N5O14. The Kier molecular flexibility index (Phi) is 13.0. The van der Waals surface area contributed by atoms with E-state index in [1.807, 2.05) is 41.5 Å². The number of imide groups is 5. The van der Waals surface area contributed by atoms with Crippen LogP contribution in [0.15, 0.2) is 48.5 Å². The third kappa shape index (κ3) is 8.53. The highest BCUT2D eigenvalue weighted by atomic mass is 16.2. The first-order valence-corrected chi connectivity index (χ1v) is 19.4. The molecule has 4 aromatic carbocycles. The van der Waals surface area contributed by atoms with E-state index in [0.717, 1.165) is 0 Å². The lowest BCUT2D eigenvalue weighted by atomic mass is 9.80. The summed E-state index contributed by atoms with van der Waals surface area (Å²) in [6, 6.07) is 10.7. The second-order valence-corrected chi connectivity index (χ2v) is 16.8. The van der Waals surface area contributed by atoms with Gasteiger partial charge in [0.05, 0.1) is 22.5 Å². The second kappa shape index (κ2) is 17.7. The molecule has 0 saturated heterocycles. The van der Waals surface area contributed by atoms with Gasteiger partial charge < -0.3 is 0 Å². The highest BCUT2D eigenvalue weighted by Crippen LogP contribution is 2.40. The molecule has 10 amide bonds. The van der Waals surface area contributed by atoms with Crippen LogP contribution in [0.25, 0.3) is 10.8 Å². The first-order valence-electron chi connectivity index (χ1n) is 19.4. The van der Waals surface area contributed by atoms with Crippen LogP contribution in [0.1, 0.15) is 126 Å². The van der Waals surface area contributed by atoms with Gasteiger partial charge in [-0.2, -0.15) is 0 Å². The third-order valence-electron chi connectivity index (χ3n) is 10.6. The number of carbonyl (C=O) groups excluding carboxylic acids is 14. The molecule has 0 radical (unpaired) electrons. The third-order valence-corrected chi connectivity index (χ3v) is 10.6. The van der Waals surface area contributed by atoms with E-state index in [4.69, 9.17) is 0 Å². The molecule has 4 aromatic rings. The molecule has 1 heterocycles. The molecule has 1 aliphatic heterocycles. The molecule has 0 fully saturated rings. The number of nitrogens with one attached hydrogen (secondary N) is 3. The maximum absolute atomic E-state index is 15.0. The Balaban J connectivity index is 2.00. The Morgan fingerprint density at radius 3 is 1.28 bits per heavy atom. The van der Waals surface area contributed by atoms with Crippen molar-refractivity contribution in [1.29, 1.82) is 0 Å². The fourth-order valence-electron chi connectivity index (χ4n) is 7.15. The molecule has 332 valence electrons. The fraction of sp³-hybridized carbons (Fsp3) is 0.217. The quantitative estimate of drug-likeness (QED) is 0.0711. The lowest BCUT2D eigenvalue weighted by Crippen LogP contribution is -2.39. The highest BCUT2D eigenvalue weighted by Gasteiger charge is 2.45. The highest BCUT2D eigenvalue weighted by molar-refractivity contribution is 6.59. The van der Waals surface area contributed by atoms with Crippen molar-refractivity contribution in [2.24, 2.45) is 0 Å². The molecule has 5 rings (SSSR count). The number of benzene rings is 4. The lowest BCUT2D eigenvalue weighted by Gasteiger charge is -2.25. The van der Waals surface area contributed by atoms with Crippen LogP contribution in [-0.4, -0.2) is 84.2 Å². The van der Waals surface area contributed by atoms with Crippen LogP contribution in [0.3, 0.4) is 0 Å². The average molecular weight is 886 g/mol. The van der Waals surface area contributed by atoms with Crippen LogP contribution in [0.4, 0.5) is 11.4 Å². The van der Waals surface area contributed by atoms with Crippen molar-refractivity contribution < 1.29 is 67.1 Å². The Morgan fingerprint density at radius 1 is 0.523 bits per heavy atom. The lowest BCUT2D eigenvalue weighted by molar-refractivity contribution is -0.123. The van der Waals surface area contributed by atoms with Crippen LogP contribution in [0, 0.1) is 13.8 Å². The topological polar surface area (TPSA) is 282 Å². The van der Waals surface area contributed by atoms with Gasteiger partial charge in [0, 0.05) is 33.0 Å². The van der Waals surface area contributed by atoms with E-state index in [0.29, 0.717) is 38.6 Å². The first-order chi connectivity index (χ1) is 30.4. The zero-order valence-corrected chi connectivity index (χ0v) is 36.0. The molecule has 0 aromatic heterocycles. The molecule has 65 heavy (non-hydrogen) atoms. The van der Waals surface area contributed by atoms with Gasteiger partial charge in [-0.05, 0) is 71.2 Å². The number of carbonyl (C=O) groups is 14.